The van der Waals surface area contributed by atoms with Crippen molar-refractivity contribution in [2.45, 2.75) is 18.2 Å². The van der Waals surface area contributed by atoms with Gasteiger partial charge in [0.15, 0.2) is 11.5 Å². The molecule has 0 aliphatic carbocycles. The van der Waals surface area contributed by atoms with E-state index in [0.717, 1.165) is 5.56 Å². The fourth-order valence-corrected chi connectivity index (χ4v) is 5.51. The molecule has 0 bridgehead atoms. The lowest BCUT2D eigenvalue weighted by atomic mass is 10.1. The second-order valence-corrected chi connectivity index (χ2v) is 10.8. The number of nitrogens with one attached hydrogen (secondary N) is 3. The van der Waals surface area contributed by atoms with Gasteiger partial charge in [-0.1, -0.05) is 42.5 Å². The zero-order valence-corrected chi connectivity index (χ0v) is 23.7. The van der Waals surface area contributed by atoms with Gasteiger partial charge in [-0.2, -0.15) is 0 Å². The molecule has 0 saturated carbocycles. The van der Waals surface area contributed by atoms with Gasteiger partial charge in [0.05, 0.1) is 30.4 Å². The Morgan fingerprint density at radius 1 is 0.780 bits per heavy atom. The van der Waals surface area contributed by atoms with Gasteiger partial charge in [0.1, 0.15) is 0 Å². The molecule has 0 radical (unpaired) electrons. The molecule has 9 nitrogen and oxygen atoms in total. The minimum Gasteiger partial charge on any atom is -0.493 e. The number of hydrogen-bond donors (Lipinski definition) is 3. The number of ether oxygens (including phenoxy) is 2. The van der Waals surface area contributed by atoms with E-state index in [1.54, 1.807) is 87.9 Å². The molecule has 0 aromatic heterocycles. The van der Waals surface area contributed by atoms with Gasteiger partial charge in [0.2, 0.25) is 0 Å². The molecule has 0 heterocycles. The minimum absolute atomic E-state index is 0.0183. The molecule has 0 spiro atoms. The van der Waals surface area contributed by atoms with Crippen LogP contribution in [-0.4, -0.2) is 41.0 Å². The summed E-state index contributed by atoms with van der Waals surface area (Å²) in [5.74, 6) is 0.315. The number of carbonyl (C=O) groups is 2. The van der Waals surface area contributed by atoms with Gasteiger partial charge in [0.25, 0.3) is 21.8 Å². The Bertz CT molecular complexity index is 1660. The fraction of sp³-hybridized carbons (Fsp3) is 0.161. The molecular formula is C31H31N3O6S. The van der Waals surface area contributed by atoms with Gasteiger partial charge in [-0.25, -0.2) is 8.42 Å². The number of hydrogen-bond acceptors (Lipinski definition) is 6. The zero-order valence-electron chi connectivity index (χ0n) is 22.9. The third kappa shape index (κ3) is 7.23. The molecule has 0 unspecified atom stereocenters. The lowest BCUT2D eigenvalue weighted by Crippen LogP contribution is -2.27. The minimum atomic E-state index is -3.95. The Morgan fingerprint density at radius 3 is 2.22 bits per heavy atom. The number of methoxy groups -OCH3 is 2. The Kier molecular flexibility index (Phi) is 9.26. The van der Waals surface area contributed by atoms with Crippen molar-refractivity contribution >= 4 is 33.2 Å². The number of carbonyl (C=O) groups excluding carboxylic acids is 2. The first-order valence-electron chi connectivity index (χ1n) is 12.8. The summed E-state index contributed by atoms with van der Waals surface area (Å²) in [4.78, 5) is 26.2. The molecule has 0 aliphatic heterocycles. The summed E-state index contributed by atoms with van der Waals surface area (Å²) < 4.78 is 39.2. The summed E-state index contributed by atoms with van der Waals surface area (Å²) in [6.07, 6.45) is 0.554. The van der Waals surface area contributed by atoms with E-state index in [9.17, 15) is 18.0 Å². The molecule has 0 aliphatic rings. The van der Waals surface area contributed by atoms with Crippen LogP contribution >= 0.6 is 0 Å². The molecule has 212 valence electrons. The van der Waals surface area contributed by atoms with Crippen molar-refractivity contribution in [3.05, 3.63) is 113 Å². The number of sulfonamides is 1. The largest absolute Gasteiger partial charge is 0.493 e. The van der Waals surface area contributed by atoms with Crippen molar-refractivity contribution in [2.24, 2.45) is 0 Å². The number of benzene rings is 4. The maximum atomic E-state index is 13.2. The van der Waals surface area contributed by atoms with Crippen LogP contribution in [0.3, 0.4) is 0 Å². The highest BCUT2D eigenvalue weighted by Crippen LogP contribution is 2.28. The lowest BCUT2D eigenvalue weighted by molar-refractivity contribution is 0.0955. The molecule has 10 heteroatoms. The first-order chi connectivity index (χ1) is 19.7. The summed E-state index contributed by atoms with van der Waals surface area (Å²) in [5, 5.41) is 5.62. The average molecular weight is 574 g/mol. The molecule has 3 N–H and O–H groups in total. The predicted octanol–water partition coefficient (Wildman–Crippen LogP) is 5.04. The first-order valence-corrected chi connectivity index (χ1v) is 14.3. The van der Waals surface area contributed by atoms with Crippen LogP contribution in [0.4, 0.5) is 11.4 Å². The van der Waals surface area contributed by atoms with Gasteiger partial charge in [-0.05, 0) is 73.0 Å². The van der Waals surface area contributed by atoms with Gasteiger partial charge in [0, 0.05) is 17.8 Å². The standard InChI is InChI=1S/C31H31N3O6S/c1-21-13-15-23(20-29(21)41(37,38)34-24-9-5-4-6-10-24)30(35)33-26-12-8-7-11-25(26)31(36)32-18-17-22-14-16-27(39-2)28(19-22)40-3/h4-16,19-20,34H,17-18H2,1-3H3,(H,32,36)(H,33,35). The Morgan fingerprint density at radius 2 is 1.49 bits per heavy atom. The van der Waals surface area contributed by atoms with Gasteiger partial charge in [-0.3, -0.25) is 14.3 Å². The van der Waals surface area contributed by atoms with Crippen LogP contribution in [0.5, 0.6) is 11.5 Å². The van der Waals surface area contributed by atoms with Gasteiger partial charge in [-0.15, -0.1) is 0 Å². The summed E-state index contributed by atoms with van der Waals surface area (Å²) >= 11 is 0. The van der Waals surface area contributed by atoms with E-state index in [0.29, 0.717) is 41.4 Å². The molecule has 41 heavy (non-hydrogen) atoms. The van der Waals surface area contributed by atoms with Crippen LogP contribution in [0, 0.1) is 6.92 Å². The SMILES string of the molecule is COc1ccc(CCNC(=O)c2ccccc2NC(=O)c2ccc(C)c(S(=O)(=O)Nc3ccccc3)c2)cc1OC. The fourth-order valence-electron chi connectivity index (χ4n) is 4.18. The molecule has 0 atom stereocenters. The average Bonchev–Trinajstić information content (AvgIpc) is 2.97. The van der Waals surface area contributed by atoms with Crippen LogP contribution in [0.25, 0.3) is 0 Å². The quantitative estimate of drug-likeness (QED) is 0.231. The Labute approximate surface area is 239 Å². The van der Waals surface area contributed by atoms with E-state index >= 15 is 0 Å². The third-order valence-corrected chi connectivity index (χ3v) is 7.86. The molecule has 2 amide bonds. The number of rotatable bonds is 11. The van der Waals surface area contributed by atoms with Crippen molar-refractivity contribution in [1.82, 2.24) is 5.32 Å². The maximum absolute atomic E-state index is 13.2. The third-order valence-electron chi connectivity index (χ3n) is 6.33. The van der Waals surface area contributed by atoms with Crippen LogP contribution in [0.1, 0.15) is 31.8 Å². The molecule has 4 aromatic rings. The second-order valence-electron chi connectivity index (χ2n) is 9.15. The van der Waals surface area contributed by atoms with E-state index in [2.05, 4.69) is 15.4 Å². The highest BCUT2D eigenvalue weighted by molar-refractivity contribution is 7.92. The van der Waals surface area contributed by atoms with Crippen molar-refractivity contribution in [3.8, 4) is 11.5 Å². The molecular weight excluding hydrogens is 542 g/mol. The van der Waals surface area contributed by atoms with E-state index in [1.807, 2.05) is 12.1 Å². The topological polar surface area (TPSA) is 123 Å². The van der Waals surface area contributed by atoms with Crippen molar-refractivity contribution in [1.29, 1.82) is 0 Å². The van der Waals surface area contributed by atoms with Crippen LogP contribution in [0.2, 0.25) is 0 Å². The molecule has 0 fully saturated rings. The molecule has 0 saturated heterocycles. The summed E-state index contributed by atoms with van der Waals surface area (Å²) in [6, 6.07) is 25.1. The van der Waals surface area contributed by atoms with Crippen molar-refractivity contribution < 1.29 is 27.5 Å². The Balaban J connectivity index is 1.45. The van der Waals surface area contributed by atoms with E-state index < -0.39 is 15.9 Å². The van der Waals surface area contributed by atoms with Crippen molar-refractivity contribution in [3.63, 3.8) is 0 Å². The number of amides is 2. The molecule has 4 rings (SSSR count). The normalized spacial score (nSPS) is 10.9. The summed E-state index contributed by atoms with van der Waals surface area (Å²) in [5.41, 5.74) is 2.56. The van der Waals surface area contributed by atoms with Gasteiger partial charge >= 0.3 is 0 Å². The maximum Gasteiger partial charge on any atom is 0.262 e. The highest BCUT2D eigenvalue weighted by Gasteiger charge is 2.20. The number of anilines is 2. The van der Waals surface area contributed by atoms with Crippen molar-refractivity contribution in [2.75, 3.05) is 30.8 Å². The van der Waals surface area contributed by atoms with E-state index in [1.165, 1.54) is 12.1 Å². The van der Waals surface area contributed by atoms with Crippen LogP contribution in [-0.2, 0) is 16.4 Å². The van der Waals surface area contributed by atoms with E-state index in [-0.39, 0.29) is 21.9 Å². The smallest absolute Gasteiger partial charge is 0.262 e. The van der Waals surface area contributed by atoms with Crippen LogP contribution in [0.15, 0.2) is 95.9 Å². The lowest BCUT2D eigenvalue weighted by Gasteiger charge is -2.14. The van der Waals surface area contributed by atoms with Gasteiger partial charge < -0.3 is 20.1 Å². The molecule has 4 aromatic carbocycles. The predicted molar refractivity (Wildman–Crippen MR) is 158 cm³/mol. The second kappa shape index (κ2) is 13.0. The van der Waals surface area contributed by atoms with Crippen LogP contribution < -0.4 is 24.8 Å². The zero-order chi connectivity index (χ0) is 29.4. The summed E-state index contributed by atoms with van der Waals surface area (Å²) in [6.45, 7) is 2.01. The number of aryl methyl sites for hydroxylation is 1. The highest BCUT2D eigenvalue weighted by atomic mass is 32.2. The number of para-hydroxylation sites is 2. The summed E-state index contributed by atoms with van der Waals surface area (Å²) in [7, 11) is -0.817. The Hall–Kier alpha value is -4.83. The first kappa shape index (κ1) is 29.2. The van der Waals surface area contributed by atoms with E-state index in [4.69, 9.17) is 9.47 Å². The monoisotopic (exact) mass is 573 g/mol.